The fraction of sp³-hybridized carbons (Fsp3) is 0.235. The van der Waals surface area contributed by atoms with Crippen molar-refractivity contribution in [3.63, 3.8) is 0 Å². The van der Waals surface area contributed by atoms with Gasteiger partial charge in [0.1, 0.15) is 15.7 Å². The Balaban J connectivity index is 1.92. The van der Waals surface area contributed by atoms with Gasteiger partial charge in [-0.3, -0.25) is 4.31 Å². The van der Waals surface area contributed by atoms with E-state index in [1.807, 2.05) is 0 Å². The van der Waals surface area contributed by atoms with Crippen LogP contribution < -0.4 is 9.04 Å². The molecule has 150 valence electrons. The minimum absolute atomic E-state index is 0.0169. The Morgan fingerprint density at radius 1 is 1.18 bits per heavy atom. The van der Waals surface area contributed by atoms with E-state index < -0.39 is 22.0 Å². The Morgan fingerprint density at radius 2 is 1.86 bits per heavy atom. The normalized spacial score (nSPS) is 12.2. The van der Waals surface area contributed by atoms with E-state index in [0.717, 1.165) is 17.4 Å². The summed E-state index contributed by atoms with van der Waals surface area (Å²) in [6, 6.07) is 9.98. The van der Waals surface area contributed by atoms with Gasteiger partial charge in [0.05, 0.1) is 17.7 Å². The predicted octanol–water partition coefficient (Wildman–Crippen LogP) is 4.65. The van der Waals surface area contributed by atoms with E-state index in [-0.39, 0.29) is 21.3 Å². The Morgan fingerprint density at radius 3 is 2.39 bits per heavy atom. The molecule has 11 heteroatoms. The molecule has 0 aliphatic rings. The fourth-order valence-electron chi connectivity index (χ4n) is 2.47. The van der Waals surface area contributed by atoms with Crippen LogP contribution in [0.3, 0.4) is 0 Å². The molecule has 0 amide bonds. The number of thiophene rings is 1. The van der Waals surface area contributed by atoms with Crippen molar-refractivity contribution in [2.75, 3.05) is 18.0 Å². The van der Waals surface area contributed by atoms with Crippen LogP contribution in [0.25, 0.3) is 10.6 Å². The summed E-state index contributed by atoms with van der Waals surface area (Å²) < 4.78 is 74.6. The Hall–Kier alpha value is -2.53. The van der Waals surface area contributed by atoms with Crippen molar-refractivity contribution < 1.29 is 30.8 Å². The van der Waals surface area contributed by atoms with E-state index in [1.54, 1.807) is 31.2 Å². The summed E-state index contributed by atoms with van der Waals surface area (Å²) in [6.07, 6.45) is -4.66. The van der Waals surface area contributed by atoms with Gasteiger partial charge in [0.25, 0.3) is 10.0 Å². The van der Waals surface area contributed by atoms with Gasteiger partial charge in [0.15, 0.2) is 0 Å². The van der Waals surface area contributed by atoms with Crippen LogP contribution in [0.5, 0.6) is 5.75 Å². The smallest absolute Gasteiger partial charge is 0.452 e. The molecule has 0 aliphatic heterocycles. The van der Waals surface area contributed by atoms with E-state index in [1.165, 1.54) is 23.5 Å². The van der Waals surface area contributed by atoms with Crippen LogP contribution in [0.4, 0.5) is 18.9 Å². The summed E-state index contributed by atoms with van der Waals surface area (Å²) in [6.45, 7) is 1.85. The van der Waals surface area contributed by atoms with Crippen molar-refractivity contribution in [2.45, 2.75) is 17.3 Å². The van der Waals surface area contributed by atoms with E-state index in [4.69, 9.17) is 4.74 Å². The third kappa shape index (κ3) is 3.85. The number of anilines is 1. The topological polar surface area (TPSA) is 72.6 Å². The van der Waals surface area contributed by atoms with E-state index >= 15 is 0 Å². The van der Waals surface area contributed by atoms with E-state index in [0.29, 0.717) is 11.4 Å². The maximum absolute atomic E-state index is 13.0. The number of nitrogens with zero attached hydrogens (tertiary/aromatic N) is 2. The quantitative estimate of drug-likeness (QED) is 0.567. The number of ether oxygens (including phenoxy) is 1. The fourth-order valence-corrected chi connectivity index (χ4v) is 5.32. The van der Waals surface area contributed by atoms with E-state index in [9.17, 15) is 21.6 Å². The maximum Gasteiger partial charge on any atom is 0.452 e. The van der Waals surface area contributed by atoms with Gasteiger partial charge in [0, 0.05) is 12.6 Å². The summed E-state index contributed by atoms with van der Waals surface area (Å²) in [4.78, 5) is 0.253. The van der Waals surface area contributed by atoms with Gasteiger partial charge in [-0.05, 0) is 43.3 Å². The first-order valence-corrected chi connectivity index (χ1v) is 10.2. The number of rotatable bonds is 6. The van der Waals surface area contributed by atoms with Crippen LogP contribution in [-0.4, -0.2) is 27.2 Å². The van der Waals surface area contributed by atoms with Crippen molar-refractivity contribution in [3.8, 4) is 16.3 Å². The summed E-state index contributed by atoms with van der Waals surface area (Å²) in [5, 5.41) is 3.38. The van der Waals surface area contributed by atoms with Gasteiger partial charge < -0.3 is 9.26 Å². The highest BCUT2D eigenvalue weighted by Crippen LogP contribution is 2.36. The van der Waals surface area contributed by atoms with Crippen LogP contribution >= 0.6 is 11.3 Å². The minimum atomic E-state index is -4.66. The highest BCUT2D eigenvalue weighted by Gasteiger charge is 2.36. The molecule has 0 atom stereocenters. The number of sulfonamides is 1. The summed E-state index contributed by atoms with van der Waals surface area (Å²) in [5.41, 5.74) is 0.366. The molecule has 0 spiro atoms. The zero-order valence-electron chi connectivity index (χ0n) is 14.7. The van der Waals surface area contributed by atoms with Gasteiger partial charge in [-0.15, -0.1) is 11.3 Å². The molecule has 2 heterocycles. The second kappa shape index (κ2) is 7.47. The van der Waals surface area contributed by atoms with Gasteiger partial charge in [0.2, 0.25) is 5.76 Å². The first-order valence-electron chi connectivity index (χ1n) is 7.97. The first-order chi connectivity index (χ1) is 13.2. The molecular formula is C17H15F3N2O4S2. The van der Waals surface area contributed by atoms with Crippen LogP contribution in [0.1, 0.15) is 12.7 Å². The molecule has 0 saturated heterocycles. The molecule has 0 saturated carbocycles. The third-order valence-electron chi connectivity index (χ3n) is 3.82. The highest BCUT2D eigenvalue weighted by atomic mass is 32.2. The van der Waals surface area contributed by atoms with Gasteiger partial charge in [-0.1, -0.05) is 5.16 Å². The zero-order chi connectivity index (χ0) is 20.5. The molecule has 28 heavy (non-hydrogen) atoms. The third-order valence-corrected chi connectivity index (χ3v) is 7.29. The Kier molecular flexibility index (Phi) is 5.39. The molecule has 0 fully saturated rings. The molecule has 3 aromatic rings. The number of benzene rings is 1. The lowest BCUT2D eigenvalue weighted by atomic mass is 10.3. The molecule has 0 N–H and O–H groups in total. The molecule has 2 aromatic heterocycles. The van der Waals surface area contributed by atoms with Crippen LogP contribution in [-0.2, 0) is 16.2 Å². The number of aromatic nitrogens is 1. The van der Waals surface area contributed by atoms with Crippen molar-refractivity contribution in [1.29, 1.82) is 0 Å². The van der Waals surface area contributed by atoms with E-state index in [2.05, 4.69) is 9.68 Å². The van der Waals surface area contributed by atoms with Gasteiger partial charge in [-0.25, -0.2) is 8.42 Å². The van der Waals surface area contributed by atoms with Gasteiger partial charge >= 0.3 is 6.18 Å². The van der Waals surface area contributed by atoms with Gasteiger partial charge in [-0.2, -0.15) is 13.2 Å². The molecule has 1 aromatic carbocycles. The molecule has 0 unspecified atom stereocenters. The van der Waals surface area contributed by atoms with Crippen molar-refractivity contribution in [3.05, 3.63) is 48.2 Å². The standard InChI is InChI=1S/C17H15F3N2O4S2/c1-3-22(11-4-6-12(25-2)7-5-11)28(23,24)16-9-8-14(27-16)13-10-15(26-21-13)17(18,19)20/h4-10H,3H2,1-2H3. The number of alkyl halides is 3. The Bertz CT molecular complexity index is 1060. The predicted molar refractivity (Wildman–Crippen MR) is 98.0 cm³/mol. The molecule has 0 aliphatic carbocycles. The van der Waals surface area contributed by atoms with Crippen molar-refractivity contribution >= 4 is 27.0 Å². The lowest BCUT2D eigenvalue weighted by Gasteiger charge is -2.22. The molecule has 6 nitrogen and oxygen atoms in total. The van der Waals surface area contributed by atoms with Crippen LogP contribution in [0, 0.1) is 0 Å². The average Bonchev–Trinajstić information content (AvgIpc) is 3.32. The second-order valence-electron chi connectivity index (χ2n) is 5.56. The first kappa shape index (κ1) is 20.2. The molecular weight excluding hydrogens is 417 g/mol. The average molecular weight is 432 g/mol. The SMILES string of the molecule is CCN(c1ccc(OC)cc1)S(=O)(=O)c1ccc(-c2cc(C(F)(F)F)on2)s1. The number of halogens is 3. The highest BCUT2D eigenvalue weighted by molar-refractivity contribution is 7.94. The van der Waals surface area contributed by atoms with Crippen molar-refractivity contribution in [1.82, 2.24) is 5.16 Å². The summed E-state index contributed by atoms with van der Waals surface area (Å²) in [5.74, 6) is -0.657. The van der Waals surface area contributed by atoms with Crippen molar-refractivity contribution in [2.24, 2.45) is 0 Å². The lowest BCUT2D eigenvalue weighted by molar-refractivity contribution is -0.155. The number of methoxy groups -OCH3 is 1. The largest absolute Gasteiger partial charge is 0.497 e. The minimum Gasteiger partial charge on any atom is -0.497 e. The molecule has 0 radical (unpaired) electrons. The summed E-state index contributed by atoms with van der Waals surface area (Å²) >= 11 is 0.819. The number of hydrogen-bond acceptors (Lipinski definition) is 6. The zero-order valence-corrected chi connectivity index (χ0v) is 16.4. The monoisotopic (exact) mass is 432 g/mol. The lowest BCUT2D eigenvalue weighted by Crippen LogP contribution is -2.30. The maximum atomic E-state index is 13.0. The van der Waals surface area contributed by atoms with Crippen LogP contribution in [0.2, 0.25) is 0 Å². The molecule has 0 bridgehead atoms. The summed E-state index contributed by atoms with van der Waals surface area (Å²) in [7, 11) is -2.40. The Labute approximate surface area is 163 Å². The molecule has 3 rings (SSSR count). The number of hydrogen-bond donors (Lipinski definition) is 0. The second-order valence-corrected chi connectivity index (χ2v) is 8.73. The van der Waals surface area contributed by atoms with Crippen LogP contribution in [0.15, 0.2) is 51.2 Å².